The summed E-state index contributed by atoms with van der Waals surface area (Å²) in [6.45, 7) is 2.45. The molecule has 1 fully saturated rings. The summed E-state index contributed by atoms with van der Waals surface area (Å²) < 4.78 is 5.81. The Kier molecular flexibility index (Phi) is 5.92. The highest BCUT2D eigenvalue weighted by molar-refractivity contribution is 6.00. The summed E-state index contributed by atoms with van der Waals surface area (Å²) in [7, 11) is 0. The molecule has 0 radical (unpaired) electrons. The van der Waals surface area contributed by atoms with Crippen molar-refractivity contribution in [2.75, 3.05) is 19.8 Å². The highest BCUT2D eigenvalue weighted by Gasteiger charge is 2.25. The number of carbonyl (C=O) groups is 2. The predicted molar refractivity (Wildman–Crippen MR) is 108 cm³/mol. The highest BCUT2D eigenvalue weighted by Crippen LogP contribution is 2.30. The molecule has 0 spiro atoms. The van der Waals surface area contributed by atoms with Crippen LogP contribution in [0.3, 0.4) is 0 Å². The minimum absolute atomic E-state index is 0.131. The average Bonchev–Trinajstić information content (AvgIpc) is 3.56. The van der Waals surface area contributed by atoms with E-state index in [1.54, 1.807) is 0 Å². The highest BCUT2D eigenvalue weighted by atomic mass is 16.5. The largest absolute Gasteiger partial charge is 0.493 e. The maximum Gasteiger partial charge on any atom is 0.245 e. The van der Waals surface area contributed by atoms with Crippen LogP contribution in [0.15, 0.2) is 42.5 Å². The molecule has 4 rings (SSSR count). The lowest BCUT2D eigenvalue weighted by atomic mass is 9.97. The third kappa shape index (κ3) is 5.22. The van der Waals surface area contributed by atoms with Crippen LogP contribution < -0.4 is 10.1 Å². The number of nitrogens with zero attached hydrogens (tertiary/aromatic N) is 1. The fourth-order valence-corrected chi connectivity index (χ4v) is 3.52. The fourth-order valence-electron chi connectivity index (χ4n) is 3.52. The van der Waals surface area contributed by atoms with E-state index >= 15 is 0 Å². The van der Waals surface area contributed by atoms with Crippen LogP contribution in [0.2, 0.25) is 0 Å². The Morgan fingerprint density at radius 1 is 1.10 bits per heavy atom. The fraction of sp³-hybridized carbons (Fsp3) is 0.391. The number of aliphatic hydroxyl groups excluding tert-OH is 1. The summed E-state index contributed by atoms with van der Waals surface area (Å²) >= 11 is 0. The number of carbonyl (C=O) groups excluding carboxylic acids is 2. The van der Waals surface area contributed by atoms with Crippen LogP contribution in [-0.4, -0.2) is 41.5 Å². The number of ketones is 1. The molecule has 1 aliphatic heterocycles. The third-order valence-electron chi connectivity index (χ3n) is 5.39. The Bertz CT molecular complexity index is 890. The van der Waals surface area contributed by atoms with E-state index in [9.17, 15) is 9.59 Å². The Labute approximate surface area is 170 Å². The van der Waals surface area contributed by atoms with Crippen molar-refractivity contribution < 1.29 is 19.4 Å². The number of Topliss-reactive ketones (excluding diaryl/α,β-unsaturated/α-hetero) is 1. The smallest absolute Gasteiger partial charge is 0.245 e. The van der Waals surface area contributed by atoms with Gasteiger partial charge in [-0.15, -0.1) is 0 Å². The van der Waals surface area contributed by atoms with Crippen molar-refractivity contribution in [1.82, 2.24) is 10.2 Å². The van der Waals surface area contributed by atoms with Crippen LogP contribution in [0.25, 0.3) is 0 Å². The van der Waals surface area contributed by atoms with Crippen LogP contribution in [0, 0.1) is 5.92 Å². The average molecular weight is 394 g/mol. The van der Waals surface area contributed by atoms with E-state index in [4.69, 9.17) is 9.84 Å². The molecular formula is C23H26N2O4. The van der Waals surface area contributed by atoms with E-state index < -0.39 is 6.61 Å². The maximum absolute atomic E-state index is 12.7. The van der Waals surface area contributed by atoms with E-state index in [1.807, 2.05) is 42.5 Å². The molecule has 1 aliphatic carbocycles. The zero-order valence-corrected chi connectivity index (χ0v) is 16.4. The molecule has 2 N–H and O–H groups in total. The second-order valence-corrected chi connectivity index (χ2v) is 7.89. The number of amides is 1. The van der Waals surface area contributed by atoms with Gasteiger partial charge in [-0.05, 0) is 47.6 Å². The molecule has 1 amide bonds. The summed E-state index contributed by atoms with van der Waals surface area (Å²) in [5.74, 6) is 1.23. The first-order valence-electron chi connectivity index (χ1n) is 10.1. The number of hydrogen-bond donors (Lipinski definition) is 2. The van der Waals surface area contributed by atoms with Gasteiger partial charge >= 0.3 is 0 Å². The van der Waals surface area contributed by atoms with Gasteiger partial charge in [0.2, 0.25) is 5.91 Å². The van der Waals surface area contributed by atoms with Crippen molar-refractivity contribution in [3.8, 4) is 5.75 Å². The van der Waals surface area contributed by atoms with Crippen molar-refractivity contribution in [3.63, 3.8) is 0 Å². The van der Waals surface area contributed by atoms with E-state index in [2.05, 4.69) is 10.2 Å². The second kappa shape index (κ2) is 8.76. The lowest BCUT2D eigenvalue weighted by molar-refractivity contribution is -0.123. The van der Waals surface area contributed by atoms with E-state index in [-0.39, 0.29) is 11.7 Å². The minimum atomic E-state index is -0.503. The molecule has 1 heterocycles. The number of hydrogen-bond acceptors (Lipinski definition) is 5. The van der Waals surface area contributed by atoms with Gasteiger partial charge in [0.05, 0.1) is 13.2 Å². The van der Waals surface area contributed by atoms with Gasteiger partial charge in [-0.3, -0.25) is 14.5 Å². The Morgan fingerprint density at radius 3 is 2.59 bits per heavy atom. The Morgan fingerprint density at radius 2 is 1.86 bits per heavy atom. The lowest BCUT2D eigenvalue weighted by Crippen LogP contribution is -2.34. The zero-order chi connectivity index (χ0) is 20.2. The molecule has 2 aromatic carbocycles. The standard InChI is InChI=1S/C23H26N2O4/c26-14-23(28)24-10-16-1-3-17(4-2-16)11-25-12-19-7-8-20(29-15-18-5-6-18)9-21(19)22(27)13-25/h1-4,7-9,18,26H,5-6,10-15H2,(H,24,28). The molecule has 0 aromatic heterocycles. The first-order valence-corrected chi connectivity index (χ1v) is 10.1. The lowest BCUT2D eigenvalue weighted by Gasteiger charge is -2.28. The van der Waals surface area contributed by atoms with Crippen LogP contribution in [0.5, 0.6) is 5.75 Å². The van der Waals surface area contributed by atoms with Gasteiger partial charge in [0, 0.05) is 25.2 Å². The molecule has 29 heavy (non-hydrogen) atoms. The minimum Gasteiger partial charge on any atom is -0.493 e. The molecule has 0 atom stereocenters. The summed E-state index contributed by atoms with van der Waals surface area (Å²) in [5.41, 5.74) is 3.91. The summed E-state index contributed by atoms with van der Waals surface area (Å²) in [4.78, 5) is 25.9. The van der Waals surface area contributed by atoms with E-state index in [0.717, 1.165) is 41.2 Å². The molecule has 152 valence electrons. The van der Waals surface area contributed by atoms with Gasteiger partial charge in [-0.2, -0.15) is 0 Å². The van der Waals surface area contributed by atoms with Crippen molar-refractivity contribution in [1.29, 1.82) is 0 Å². The quantitative estimate of drug-likeness (QED) is 0.718. The first kappa shape index (κ1) is 19.6. The van der Waals surface area contributed by atoms with E-state index in [0.29, 0.717) is 25.6 Å². The summed E-state index contributed by atoms with van der Waals surface area (Å²) in [5, 5.41) is 11.4. The number of ether oxygens (including phenoxy) is 1. The van der Waals surface area contributed by atoms with Crippen LogP contribution in [0.4, 0.5) is 0 Å². The molecule has 0 saturated heterocycles. The number of rotatable bonds is 8. The SMILES string of the molecule is O=C(CO)NCc1ccc(CN2CC(=O)c3cc(OCC4CC4)ccc3C2)cc1. The first-order chi connectivity index (χ1) is 14.1. The molecule has 1 saturated carbocycles. The van der Waals surface area contributed by atoms with Crippen molar-refractivity contribution in [2.45, 2.75) is 32.5 Å². The number of benzene rings is 2. The third-order valence-corrected chi connectivity index (χ3v) is 5.39. The number of nitrogens with one attached hydrogen (secondary N) is 1. The molecular weight excluding hydrogens is 368 g/mol. The number of fused-ring (bicyclic) bond motifs is 1. The van der Waals surface area contributed by atoms with Gasteiger partial charge in [0.15, 0.2) is 5.78 Å². The summed E-state index contributed by atoms with van der Waals surface area (Å²) in [6, 6.07) is 13.8. The van der Waals surface area contributed by atoms with Crippen molar-refractivity contribution >= 4 is 11.7 Å². The van der Waals surface area contributed by atoms with Gasteiger partial charge < -0.3 is 15.2 Å². The molecule has 0 unspecified atom stereocenters. The van der Waals surface area contributed by atoms with Crippen molar-refractivity contribution in [3.05, 3.63) is 64.7 Å². The zero-order valence-electron chi connectivity index (χ0n) is 16.4. The van der Waals surface area contributed by atoms with Crippen LogP contribution in [-0.2, 0) is 24.4 Å². The molecule has 2 aliphatic rings. The van der Waals surface area contributed by atoms with E-state index in [1.165, 1.54) is 12.8 Å². The monoisotopic (exact) mass is 394 g/mol. The topological polar surface area (TPSA) is 78.9 Å². The normalized spacial score (nSPS) is 16.4. The molecule has 6 nitrogen and oxygen atoms in total. The van der Waals surface area contributed by atoms with Crippen LogP contribution in [0.1, 0.15) is 39.9 Å². The number of aliphatic hydroxyl groups is 1. The van der Waals surface area contributed by atoms with Gasteiger partial charge in [-0.1, -0.05) is 30.3 Å². The van der Waals surface area contributed by atoms with Crippen molar-refractivity contribution in [2.24, 2.45) is 5.92 Å². The second-order valence-electron chi connectivity index (χ2n) is 7.89. The van der Waals surface area contributed by atoms with Crippen LogP contribution >= 0.6 is 0 Å². The Hall–Kier alpha value is -2.70. The Balaban J connectivity index is 1.35. The molecule has 6 heteroatoms. The van der Waals surface area contributed by atoms with Gasteiger partial charge in [-0.25, -0.2) is 0 Å². The molecule has 2 aromatic rings. The summed E-state index contributed by atoms with van der Waals surface area (Å²) in [6.07, 6.45) is 2.49. The van der Waals surface area contributed by atoms with Gasteiger partial charge in [0.1, 0.15) is 12.4 Å². The van der Waals surface area contributed by atoms with Gasteiger partial charge in [0.25, 0.3) is 0 Å². The maximum atomic E-state index is 12.7. The molecule has 0 bridgehead atoms. The predicted octanol–water partition coefficient (Wildman–Crippen LogP) is 2.28.